The first-order valence-corrected chi connectivity index (χ1v) is 9.76. The average Bonchev–Trinajstić information content (AvgIpc) is 2.92. The molecule has 0 unspecified atom stereocenters. The molecule has 1 aromatic carbocycles. The molecular formula is C21H26ClN3O3. The van der Waals surface area contributed by atoms with Crippen LogP contribution in [-0.2, 0) is 6.54 Å². The molecule has 1 aliphatic rings. The van der Waals surface area contributed by atoms with Crippen molar-refractivity contribution < 1.29 is 14.3 Å². The topological polar surface area (TPSA) is 54.9 Å². The van der Waals surface area contributed by atoms with Gasteiger partial charge >= 0.3 is 0 Å². The van der Waals surface area contributed by atoms with Gasteiger partial charge < -0.3 is 14.4 Å². The summed E-state index contributed by atoms with van der Waals surface area (Å²) in [6.07, 6.45) is 0.905. The van der Waals surface area contributed by atoms with Gasteiger partial charge in [0.1, 0.15) is 0 Å². The van der Waals surface area contributed by atoms with E-state index in [0.29, 0.717) is 30.2 Å². The number of hydrogen-bond donors (Lipinski definition) is 0. The number of aromatic nitrogens is 1. The Labute approximate surface area is 171 Å². The van der Waals surface area contributed by atoms with E-state index in [1.807, 2.05) is 30.0 Å². The second-order valence-corrected chi connectivity index (χ2v) is 7.23. The SMILES string of the molecule is COc1ccc(C(=O)N2CCCN(Cc3cccc(C)n3)CC2)c(Cl)c1OC. The van der Waals surface area contributed by atoms with Crippen LogP contribution in [0.15, 0.2) is 30.3 Å². The van der Waals surface area contributed by atoms with Gasteiger partial charge in [0.2, 0.25) is 0 Å². The molecule has 1 saturated heterocycles. The van der Waals surface area contributed by atoms with E-state index in [2.05, 4.69) is 9.88 Å². The summed E-state index contributed by atoms with van der Waals surface area (Å²) in [4.78, 5) is 21.8. The summed E-state index contributed by atoms with van der Waals surface area (Å²) in [6, 6.07) is 9.49. The maximum absolute atomic E-state index is 13.1. The minimum Gasteiger partial charge on any atom is -0.493 e. The summed E-state index contributed by atoms with van der Waals surface area (Å²) in [6.45, 7) is 5.86. The third-order valence-corrected chi connectivity index (χ3v) is 5.30. The van der Waals surface area contributed by atoms with Crippen LogP contribution in [0.4, 0.5) is 0 Å². The number of benzene rings is 1. The lowest BCUT2D eigenvalue weighted by Gasteiger charge is -2.23. The fourth-order valence-corrected chi connectivity index (χ4v) is 3.79. The highest BCUT2D eigenvalue weighted by Gasteiger charge is 2.25. The number of carbonyl (C=O) groups excluding carboxylic acids is 1. The lowest BCUT2D eigenvalue weighted by atomic mass is 10.1. The molecule has 0 saturated carbocycles. The number of methoxy groups -OCH3 is 2. The first-order chi connectivity index (χ1) is 13.5. The molecule has 1 amide bonds. The van der Waals surface area contributed by atoms with Crippen molar-refractivity contribution in [1.29, 1.82) is 0 Å². The van der Waals surface area contributed by atoms with Crippen LogP contribution >= 0.6 is 11.6 Å². The molecule has 0 spiro atoms. The van der Waals surface area contributed by atoms with Gasteiger partial charge in [-0.25, -0.2) is 0 Å². The van der Waals surface area contributed by atoms with Gasteiger partial charge in [-0.15, -0.1) is 0 Å². The van der Waals surface area contributed by atoms with Gasteiger partial charge in [0.05, 0.1) is 30.5 Å². The average molecular weight is 404 g/mol. The highest BCUT2D eigenvalue weighted by molar-refractivity contribution is 6.35. The molecule has 6 nitrogen and oxygen atoms in total. The number of nitrogens with zero attached hydrogens (tertiary/aromatic N) is 3. The molecule has 2 heterocycles. The normalized spacial score (nSPS) is 15.2. The van der Waals surface area contributed by atoms with Crippen molar-refractivity contribution in [2.75, 3.05) is 40.4 Å². The Hall–Kier alpha value is -2.31. The second-order valence-electron chi connectivity index (χ2n) is 6.85. The van der Waals surface area contributed by atoms with E-state index >= 15 is 0 Å². The molecule has 0 radical (unpaired) electrons. The van der Waals surface area contributed by atoms with Crippen LogP contribution in [0.2, 0.25) is 5.02 Å². The number of halogens is 1. The maximum atomic E-state index is 13.1. The number of ether oxygens (including phenoxy) is 2. The number of hydrogen-bond acceptors (Lipinski definition) is 5. The molecule has 0 N–H and O–H groups in total. The molecule has 0 atom stereocenters. The van der Waals surface area contributed by atoms with Crippen molar-refractivity contribution in [3.05, 3.63) is 52.3 Å². The van der Waals surface area contributed by atoms with E-state index in [1.54, 1.807) is 19.2 Å². The van der Waals surface area contributed by atoms with E-state index in [-0.39, 0.29) is 10.9 Å². The Balaban J connectivity index is 1.69. The molecular weight excluding hydrogens is 378 g/mol. The Morgan fingerprint density at radius 1 is 1.11 bits per heavy atom. The molecule has 150 valence electrons. The largest absolute Gasteiger partial charge is 0.493 e. The first kappa shape index (κ1) is 20.4. The van der Waals surface area contributed by atoms with Crippen LogP contribution in [0.1, 0.15) is 28.2 Å². The maximum Gasteiger partial charge on any atom is 0.255 e. The van der Waals surface area contributed by atoms with Gasteiger partial charge in [0.25, 0.3) is 5.91 Å². The lowest BCUT2D eigenvalue weighted by molar-refractivity contribution is 0.0761. The van der Waals surface area contributed by atoms with E-state index in [0.717, 1.165) is 37.4 Å². The van der Waals surface area contributed by atoms with Crippen LogP contribution in [0, 0.1) is 6.92 Å². The third-order valence-electron chi connectivity index (χ3n) is 4.92. The molecule has 28 heavy (non-hydrogen) atoms. The Morgan fingerprint density at radius 2 is 1.93 bits per heavy atom. The summed E-state index contributed by atoms with van der Waals surface area (Å²) < 4.78 is 10.6. The standard InChI is InChI=1S/C21H26ClN3O3/c1-15-6-4-7-16(23-15)14-24-10-5-11-25(13-12-24)21(26)17-8-9-18(27-2)20(28-3)19(17)22/h4,6-9H,5,10-14H2,1-3H3. The van der Waals surface area contributed by atoms with Gasteiger partial charge in [0, 0.05) is 38.4 Å². The quantitative estimate of drug-likeness (QED) is 0.765. The van der Waals surface area contributed by atoms with Gasteiger partial charge in [-0.3, -0.25) is 14.7 Å². The van der Waals surface area contributed by atoms with Gasteiger partial charge in [-0.1, -0.05) is 17.7 Å². The van der Waals surface area contributed by atoms with Crippen molar-refractivity contribution in [1.82, 2.24) is 14.8 Å². The zero-order chi connectivity index (χ0) is 20.1. The molecule has 1 fully saturated rings. The molecule has 3 rings (SSSR count). The Kier molecular flexibility index (Phi) is 6.75. The van der Waals surface area contributed by atoms with Crippen molar-refractivity contribution in [3.63, 3.8) is 0 Å². The number of rotatable bonds is 5. The zero-order valence-electron chi connectivity index (χ0n) is 16.6. The summed E-state index contributed by atoms with van der Waals surface area (Å²) in [5.74, 6) is 0.815. The molecule has 1 aromatic heterocycles. The lowest BCUT2D eigenvalue weighted by Crippen LogP contribution is -2.35. The van der Waals surface area contributed by atoms with Crippen molar-refractivity contribution in [3.8, 4) is 11.5 Å². The Bertz CT molecular complexity index is 844. The van der Waals surface area contributed by atoms with Crippen LogP contribution in [0.3, 0.4) is 0 Å². The van der Waals surface area contributed by atoms with E-state index < -0.39 is 0 Å². The molecule has 1 aliphatic heterocycles. The van der Waals surface area contributed by atoms with E-state index in [9.17, 15) is 4.79 Å². The van der Waals surface area contributed by atoms with Crippen LogP contribution in [0.5, 0.6) is 11.5 Å². The number of amides is 1. The van der Waals surface area contributed by atoms with Crippen LogP contribution in [0.25, 0.3) is 0 Å². The minimum absolute atomic E-state index is 0.0820. The molecule has 7 heteroatoms. The van der Waals surface area contributed by atoms with Crippen molar-refractivity contribution in [2.24, 2.45) is 0 Å². The van der Waals surface area contributed by atoms with E-state index in [1.165, 1.54) is 7.11 Å². The first-order valence-electron chi connectivity index (χ1n) is 9.38. The van der Waals surface area contributed by atoms with Crippen molar-refractivity contribution >= 4 is 17.5 Å². The van der Waals surface area contributed by atoms with Crippen LogP contribution < -0.4 is 9.47 Å². The summed E-state index contributed by atoms with van der Waals surface area (Å²) in [5.41, 5.74) is 2.52. The predicted molar refractivity (Wildman–Crippen MR) is 109 cm³/mol. The van der Waals surface area contributed by atoms with Gasteiger partial charge in [0.15, 0.2) is 11.5 Å². The van der Waals surface area contributed by atoms with Gasteiger partial charge in [-0.2, -0.15) is 0 Å². The predicted octanol–water partition coefficient (Wildman–Crippen LogP) is 3.41. The highest BCUT2D eigenvalue weighted by atomic mass is 35.5. The fourth-order valence-electron chi connectivity index (χ4n) is 3.47. The molecule has 0 bridgehead atoms. The highest BCUT2D eigenvalue weighted by Crippen LogP contribution is 2.37. The van der Waals surface area contributed by atoms with E-state index in [4.69, 9.17) is 21.1 Å². The van der Waals surface area contributed by atoms with Crippen LogP contribution in [-0.4, -0.2) is 61.1 Å². The van der Waals surface area contributed by atoms with Gasteiger partial charge in [-0.05, 0) is 37.6 Å². The number of aryl methyl sites for hydroxylation is 1. The zero-order valence-corrected chi connectivity index (χ0v) is 17.3. The smallest absolute Gasteiger partial charge is 0.255 e. The molecule has 2 aromatic rings. The number of pyridine rings is 1. The minimum atomic E-state index is -0.0820. The fraction of sp³-hybridized carbons (Fsp3) is 0.429. The summed E-state index contributed by atoms with van der Waals surface area (Å²) in [5, 5.41) is 0.289. The monoisotopic (exact) mass is 403 g/mol. The summed E-state index contributed by atoms with van der Waals surface area (Å²) in [7, 11) is 3.06. The third kappa shape index (κ3) is 4.56. The Morgan fingerprint density at radius 3 is 2.64 bits per heavy atom. The second kappa shape index (κ2) is 9.26. The number of carbonyl (C=O) groups is 1. The summed E-state index contributed by atoms with van der Waals surface area (Å²) >= 11 is 6.43. The molecule has 0 aliphatic carbocycles. The van der Waals surface area contributed by atoms with Crippen molar-refractivity contribution in [2.45, 2.75) is 19.9 Å².